The van der Waals surface area contributed by atoms with E-state index in [-0.39, 0.29) is 44.0 Å². The van der Waals surface area contributed by atoms with Crippen molar-refractivity contribution in [2.75, 3.05) is 31.8 Å². The highest BCUT2D eigenvalue weighted by molar-refractivity contribution is 6.31. The molecule has 0 aliphatic carbocycles. The molecule has 1 aliphatic rings. The summed E-state index contributed by atoms with van der Waals surface area (Å²) in [7, 11) is 1.55. The topological polar surface area (TPSA) is 83.3 Å². The Balaban J connectivity index is 1.51. The van der Waals surface area contributed by atoms with E-state index in [1.54, 1.807) is 61.7 Å². The quantitative estimate of drug-likeness (QED) is 0.513. The minimum Gasteiger partial charge on any atom is -0.497 e. The summed E-state index contributed by atoms with van der Waals surface area (Å²) in [6.07, 6.45) is 1.51. The molecule has 0 radical (unpaired) electrons. The third kappa shape index (κ3) is 4.92. The first-order valence-corrected chi connectivity index (χ1v) is 11.0. The number of amides is 3. The van der Waals surface area contributed by atoms with E-state index in [1.165, 1.54) is 21.0 Å². The number of nitrogens with zero attached hydrogens (tertiary/aromatic N) is 3. The fourth-order valence-corrected chi connectivity index (χ4v) is 3.95. The molecule has 0 spiro atoms. The second-order valence-corrected chi connectivity index (χ2v) is 8.32. The van der Waals surface area contributed by atoms with Crippen LogP contribution in [0, 0.1) is 6.92 Å². The van der Waals surface area contributed by atoms with Crippen LogP contribution >= 0.6 is 11.6 Å². The van der Waals surface area contributed by atoms with Crippen LogP contribution in [0.4, 0.5) is 5.69 Å². The number of rotatable bonds is 7. The summed E-state index contributed by atoms with van der Waals surface area (Å²) in [4.78, 5) is 43.5. The van der Waals surface area contributed by atoms with Crippen LogP contribution in [0.1, 0.15) is 21.7 Å². The zero-order chi connectivity index (χ0) is 24.2. The number of benzene rings is 2. The molecule has 1 saturated heterocycles. The molecule has 4 rings (SSSR count). The van der Waals surface area contributed by atoms with Gasteiger partial charge in [-0.05, 0) is 61.0 Å². The maximum absolute atomic E-state index is 13.2. The van der Waals surface area contributed by atoms with Crippen molar-refractivity contribution in [3.63, 3.8) is 0 Å². The summed E-state index contributed by atoms with van der Waals surface area (Å²) in [6, 6.07) is 15.4. The smallest absolute Gasteiger partial charge is 0.254 e. The molecule has 34 heavy (non-hydrogen) atoms. The number of furan rings is 1. The number of ether oxygens (including phenoxy) is 1. The highest BCUT2D eigenvalue weighted by Crippen LogP contribution is 2.29. The van der Waals surface area contributed by atoms with Crippen LogP contribution in [0.15, 0.2) is 65.3 Å². The Hall–Kier alpha value is -3.78. The summed E-state index contributed by atoms with van der Waals surface area (Å²) < 4.78 is 10.5. The number of carbonyl (C=O) groups excluding carboxylic acids is 3. The lowest BCUT2D eigenvalue weighted by Gasteiger charge is -2.25. The number of hydrogen-bond acceptors (Lipinski definition) is 5. The molecule has 3 amide bonds. The molecule has 1 fully saturated rings. The first-order chi connectivity index (χ1) is 16.4. The van der Waals surface area contributed by atoms with Crippen molar-refractivity contribution in [3.05, 3.63) is 82.8 Å². The Kier molecular flexibility index (Phi) is 6.88. The minimum absolute atomic E-state index is 0.0733. The molecule has 9 heteroatoms. The van der Waals surface area contributed by atoms with Gasteiger partial charge in [0.15, 0.2) is 0 Å². The van der Waals surface area contributed by atoms with Crippen LogP contribution < -0.4 is 9.64 Å². The molecule has 176 valence electrons. The standard InChI is InChI=1S/C25H24ClN3O5/c1-17-21(26)6-3-7-22(17)29-16-28(15-24(29)31)23(30)14-27(13-20-5-4-12-34-20)25(32)18-8-10-19(33-2)11-9-18/h3-12H,13-16H2,1-2H3. The molecule has 1 aliphatic heterocycles. The molecule has 1 aromatic heterocycles. The molecule has 0 atom stereocenters. The molecule has 0 bridgehead atoms. The van der Waals surface area contributed by atoms with Gasteiger partial charge in [-0.15, -0.1) is 0 Å². The molecule has 0 unspecified atom stereocenters. The van der Waals surface area contributed by atoms with Gasteiger partial charge < -0.3 is 19.0 Å². The van der Waals surface area contributed by atoms with E-state index < -0.39 is 0 Å². The summed E-state index contributed by atoms with van der Waals surface area (Å²) >= 11 is 6.21. The van der Waals surface area contributed by atoms with Crippen molar-refractivity contribution < 1.29 is 23.5 Å². The predicted octanol–water partition coefficient (Wildman–Crippen LogP) is 3.73. The molecular formula is C25H24ClN3O5. The molecular weight excluding hydrogens is 458 g/mol. The SMILES string of the molecule is COc1ccc(C(=O)N(CC(=O)N2CC(=O)N(c3cccc(Cl)c3C)C2)Cc2ccco2)cc1. The maximum atomic E-state index is 13.2. The van der Waals surface area contributed by atoms with Crippen LogP contribution in [-0.4, -0.2) is 54.4 Å². The number of methoxy groups -OCH3 is 1. The van der Waals surface area contributed by atoms with Gasteiger partial charge in [0.2, 0.25) is 11.8 Å². The molecule has 2 aromatic carbocycles. The van der Waals surface area contributed by atoms with Gasteiger partial charge in [0.1, 0.15) is 31.3 Å². The van der Waals surface area contributed by atoms with Gasteiger partial charge in [0.25, 0.3) is 5.91 Å². The lowest BCUT2D eigenvalue weighted by molar-refractivity contribution is -0.132. The largest absolute Gasteiger partial charge is 0.497 e. The van der Waals surface area contributed by atoms with Crippen LogP contribution in [0.3, 0.4) is 0 Å². The van der Waals surface area contributed by atoms with Gasteiger partial charge in [0.05, 0.1) is 19.9 Å². The van der Waals surface area contributed by atoms with Gasteiger partial charge in [-0.25, -0.2) is 0 Å². The van der Waals surface area contributed by atoms with E-state index in [2.05, 4.69) is 0 Å². The zero-order valence-electron chi connectivity index (χ0n) is 18.9. The third-order valence-corrected chi connectivity index (χ3v) is 6.11. The first kappa shape index (κ1) is 23.4. The van der Waals surface area contributed by atoms with E-state index in [1.807, 2.05) is 6.92 Å². The van der Waals surface area contributed by atoms with Crippen molar-refractivity contribution in [2.45, 2.75) is 13.5 Å². The van der Waals surface area contributed by atoms with Crippen molar-refractivity contribution in [3.8, 4) is 5.75 Å². The molecule has 0 saturated carbocycles. The van der Waals surface area contributed by atoms with E-state index in [4.69, 9.17) is 20.8 Å². The van der Waals surface area contributed by atoms with E-state index in [9.17, 15) is 14.4 Å². The number of hydrogen-bond donors (Lipinski definition) is 0. The van der Waals surface area contributed by atoms with Crippen LogP contribution in [0.25, 0.3) is 0 Å². The van der Waals surface area contributed by atoms with Crippen molar-refractivity contribution in [1.82, 2.24) is 9.80 Å². The van der Waals surface area contributed by atoms with Crippen molar-refractivity contribution >= 4 is 35.0 Å². The third-order valence-electron chi connectivity index (χ3n) is 5.70. The lowest BCUT2D eigenvalue weighted by Crippen LogP contribution is -2.42. The Morgan fingerprint density at radius 2 is 1.88 bits per heavy atom. The van der Waals surface area contributed by atoms with Crippen molar-refractivity contribution in [2.24, 2.45) is 0 Å². The maximum Gasteiger partial charge on any atom is 0.254 e. The van der Waals surface area contributed by atoms with Gasteiger partial charge in [-0.3, -0.25) is 19.3 Å². The van der Waals surface area contributed by atoms with Crippen LogP contribution in [0.2, 0.25) is 5.02 Å². The normalized spacial score (nSPS) is 13.3. The fourth-order valence-electron chi connectivity index (χ4n) is 3.78. The number of halogens is 1. The van der Waals surface area contributed by atoms with Gasteiger partial charge in [0, 0.05) is 16.3 Å². The second-order valence-electron chi connectivity index (χ2n) is 7.91. The monoisotopic (exact) mass is 481 g/mol. The Bertz CT molecular complexity index is 1190. The molecule has 0 N–H and O–H groups in total. The first-order valence-electron chi connectivity index (χ1n) is 10.7. The van der Waals surface area contributed by atoms with Crippen molar-refractivity contribution in [1.29, 1.82) is 0 Å². The summed E-state index contributed by atoms with van der Waals surface area (Å²) in [5.74, 6) is 0.280. The van der Waals surface area contributed by atoms with E-state index in [0.717, 1.165) is 5.56 Å². The summed E-state index contributed by atoms with van der Waals surface area (Å²) in [5, 5.41) is 0.546. The number of anilines is 1. The fraction of sp³-hybridized carbons (Fsp3) is 0.240. The number of carbonyl (C=O) groups is 3. The van der Waals surface area contributed by atoms with Gasteiger partial charge in [-0.1, -0.05) is 17.7 Å². The summed E-state index contributed by atoms with van der Waals surface area (Å²) in [6.45, 7) is 1.75. The second kappa shape index (κ2) is 10.0. The highest BCUT2D eigenvalue weighted by atomic mass is 35.5. The molecule has 3 aromatic rings. The zero-order valence-corrected chi connectivity index (χ0v) is 19.6. The highest BCUT2D eigenvalue weighted by Gasteiger charge is 2.34. The average Bonchev–Trinajstić information content (AvgIpc) is 3.49. The van der Waals surface area contributed by atoms with E-state index >= 15 is 0 Å². The summed E-state index contributed by atoms with van der Waals surface area (Å²) in [5.41, 5.74) is 1.84. The average molecular weight is 482 g/mol. The van der Waals surface area contributed by atoms with Gasteiger partial charge >= 0.3 is 0 Å². The van der Waals surface area contributed by atoms with Gasteiger partial charge in [-0.2, -0.15) is 0 Å². The van der Waals surface area contributed by atoms with Crippen LogP contribution in [-0.2, 0) is 16.1 Å². The minimum atomic E-state index is -0.344. The Morgan fingerprint density at radius 3 is 2.56 bits per heavy atom. The Morgan fingerprint density at radius 1 is 1.12 bits per heavy atom. The Labute approximate surface area is 202 Å². The van der Waals surface area contributed by atoms with E-state index in [0.29, 0.717) is 27.8 Å². The van der Waals surface area contributed by atoms with Crippen LogP contribution in [0.5, 0.6) is 5.75 Å². The lowest BCUT2D eigenvalue weighted by atomic mass is 10.2. The molecule has 2 heterocycles. The predicted molar refractivity (Wildman–Crippen MR) is 127 cm³/mol. The molecule has 8 nitrogen and oxygen atoms in total.